The lowest BCUT2D eigenvalue weighted by Gasteiger charge is -2.19. The smallest absolute Gasteiger partial charge is 0.320 e. The molecule has 55 heavy (non-hydrogen) atoms. The normalized spacial score (nSPS) is 12.5. The van der Waals surface area contributed by atoms with Crippen LogP contribution >= 0.6 is 0 Å². The summed E-state index contributed by atoms with van der Waals surface area (Å²) in [7, 11) is -20.3. The number of hydrogen-bond donors (Lipinski definition) is 9. The molecule has 0 amide bonds. The molecule has 0 atom stereocenters. The molecule has 0 radical (unpaired) electrons. The predicted molar refractivity (Wildman–Crippen MR) is 196 cm³/mol. The van der Waals surface area contributed by atoms with Crippen molar-refractivity contribution in [1.82, 2.24) is 15.0 Å². The van der Waals surface area contributed by atoms with Crippen molar-refractivity contribution < 1.29 is 62.1 Å². The Labute approximate surface area is 311 Å². The Bertz CT molecular complexity index is 3070. The van der Waals surface area contributed by atoms with Gasteiger partial charge < -0.3 is 26.2 Å². The summed E-state index contributed by atoms with van der Waals surface area (Å²) < 4.78 is 140. The Hall–Kier alpha value is -5.73. The number of phenols is 1. The molecule has 288 valence electrons. The molecular weight excluding hydrogens is 809 g/mol. The molecule has 6 rings (SSSR count). The third kappa shape index (κ3) is 7.91. The van der Waals surface area contributed by atoms with Crippen molar-refractivity contribution in [3.8, 4) is 11.8 Å². The molecule has 0 fully saturated rings. The van der Waals surface area contributed by atoms with E-state index in [0.717, 1.165) is 24.3 Å². The summed E-state index contributed by atoms with van der Waals surface area (Å²) in [5.41, 5.74) is -1.03. The number of fused-ring (bicyclic) bond motifs is 2. The monoisotopic (exact) mass is 834 g/mol. The van der Waals surface area contributed by atoms with Crippen LogP contribution in [0.1, 0.15) is 11.1 Å². The number of rotatable bonds is 10. The molecule has 1 heterocycles. The second-order valence-corrected chi connectivity index (χ2v) is 17.4. The van der Waals surface area contributed by atoms with Crippen LogP contribution in [-0.2, 0) is 40.5 Å². The molecule has 0 saturated heterocycles. The molecule has 20 nitrogen and oxygen atoms in total. The Morgan fingerprint density at radius 2 is 1.15 bits per heavy atom. The fraction of sp³-hybridized carbons (Fsp3) is 0.0645. The summed E-state index contributed by atoms with van der Waals surface area (Å²) >= 11 is 0. The van der Waals surface area contributed by atoms with Crippen LogP contribution < -0.4 is 16.0 Å². The third-order valence-corrected chi connectivity index (χ3v) is 11.7. The van der Waals surface area contributed by atoms with Gasteiger partial charge in [-0.05, 0) is 72.1 Å². The highest BCUT2D eigenvalue weighted by Crippen LogP contribution is 2.46. The minimum absolute atomic E-state index is 0.0209. The quantitative estimate of drug-likeness (QED) is 0.0681. The SMILES string of the molecule is Cc1cc(Nc2nc(O)nc(Nc3cc(S(=O)(=O)O)cc4cc(S(=O)(=O)O)c(Nc5ccc6ccccc6c5S(=O)(=O)O)c(O)c34)n2)c(S(=O)(=O)O)cc1C. The molecule has 0 saturated carbocycles. The largest absolute Gasteiger partial charge is 0.505 e. The first-order valence-electron chi connectivity index (χ1n) is 15.0. The molecule has 0 unspecified atom stereocenters. The first-order valence-corrected chi connectivity index (χ1v) is 20.8. The van der Waals surface area contributed by atoms with Gasteiger partial charge in [0.2, 0.25) is 11.9 Å². The molecule has 1 aromatic heterocycles. The van der Waals surface area contributed by atoms with Gasteiger partial charge in [0.1, 0.15) is 26.1 Å². The maximum absolute atomic E-state index is 12.7. The lowest BCUT2D eigenvalue weighted by molar-refractivity contribution is 0.430. The summed E-state index contributed by atoms with van der Waals surface area (Å²) in [5, 5.41) is 28.9. The Balaban J connectivity index is 1.57. The molecule has 0 spiro atoms. The molecule has 0 bridgehead atoms. The maximum atomic E-state index is 12.7. The van der Waals surface area contributed by atoms with Crippen LogP contribution in [0.25, 0.3) is 21.5 Å². The first-order chi connectivity index (χ1) is 25.4. The predicted octanol–water partition coefficient (Wildman–Crippen LogP) is 4.42. The third-order valence-electron chi connectivity index (χ3n) is 8.11. The molecule has 0 aliphatic carbocycles. The molecule has 6 aromatic rings. The van der Waals surface area contributed by atoms with Gasteiger partial charge in [-0.2, -0.15) is 48.6 Å². The van der Waals surface area contributed by atoms with E-state index < -0.39 is 112 Å². The number of anilines is 6. The highest BCUT2D eigenvalue weighted by atomic mass is 32.2. The summed E-state index contributed by atoms with van der Waals surface area (Å²) in [6, 6.07) is 12.1. The highest BCUT2D eigenvalue weighted by molar-refractivity contribution is 7.86. The Morgan fingerprint density at radius 1 is 0.545 bits per heavy atom. The minimum atomic E-state index is -5.34. The number of phenolic OH excluding ortho intramolecular Hbond substituents is 1. The van der Waals surface area contributed by atoms with E-state index in [0.29, 0.717) is 22.6 Å². The first kappa shape index (κ1) is 39.0. The van der Waals surface area contributed by atoms with Crippen LogP contribution in [0.4, 0.5) is 34.6 Å². The van der Waals surface area contributed by atoms with Gasteiger partial charge in [0, 0.05) is 10.8 Å². The van der Waals surface area contributed by atoms with Gasteiger partial charge in [-0.15, -0.1) is 0 Å². The summed E-state index contributed by atoms with van der Waals surface area (Å²) in [5.74, 6) is -2.24. The number of benzene rings is 5. The van der Waals surface area contributed by atoms with Crippen LogP contribution in [0.2, 0.25) is 0 Å². The molecule has 9 N–H and O–H groups in total. The van der Waals surface area contributed by atoms with Gasteiger partial charge in [0.25, 0.3) is 40.5 Å². The Kier molecular flexibility index (Phi) is 9.59. The fourth-order valence-electron chi connectivity index (χ4n) is 5.61. The molecular formula is C31H26N6O14S4. The van der Waals surface area contributed by atoms with Crippen LogP contribution in [0, 0.1) is 13.8 Å². The number of aromatic nitrogens is 3. The van der Waals surface area contributed by atoms with Crippen LogP contribution in [0.15, 0.2) is 86.3 Å². The molecule has 24 heteroatoms. The van der Waals surface area contributed by atoms with E-state index in [9.17, 15) is 62.1 Å². The van der Waals surface area contributed by atoms with Gasteiger partial charge in [-0.3, -0.25) is 18.2 Å². The lowest BCUT2D eigenvalue weighted by atomic mass is 10.1. The van der Waals surface area contributed by atoms with E-state index in [2.05, 4.69) is 30.9 Å². The average Bonchev–Trinajstić information content (AvgIpc) is 3.04. The van der Waals surface area contributed by atoms with E-state index in [-0.39, 0.29) is 11.1 Å². The van der Waals surface area contributed by atoms with Gasteiger partial charge in [-0.25, -0.2) is 0 Å². The minimum Gasteiger partial charge on any atom is -0.505 e. The van der Waals surface area contributed by atoms with Crippen molar-refractivity contribution >= 4 is 96.7 Å². The van der Waals surface area contributed by atoms with Crippen LogP contribution in [0.3, 0.4) is 0 Å². The number of hydrogen-bond acceptors (Lipinski definition) is 16. The molecule has 0 aliphatic rings. The number of nitrogens with zero attached hydrogens (tertiary/aromatic N) is 3. The number of nitrogens with one attached hydrogen (secondary N) is 3. The van der Waals surface area contributed by atoms with Gasteiger partial charge in [-0.1, -0.05) is 30.3 Å². The van der Waals surface area contributed by atoms with E-state index in [1.54, 1.807) is 19.9 Å². The fourth-order valence-corrected chi connectivity index (χ4v) is 8.41. The zero-order valence-electron chi connectivity index (χ0n) is 27.8. The van der Waals surface area contributed by atoms with Crippen molar-refractivity contribution in [2.75, 3.05) is 16.0 Å². The number of aromatic hydroxyl groups is 2. The lowest BCUT2D eigenvalue weighted by Crippen LogP contribution is -2.10. The summed E-state index contributed by atoms with van der Waals surface area (Å²) in [6.45, 7) is 3.21. The molecule has 0 aliphatic heterocycles. The zero-order chi connectivity index (χ0) is 40.4. The van der Waals surface area contributed by atoms with E-state index in [4.69, 9.17) is 0 Å². The van der Waals surface area contributed by atoms with Crippen molar-refractivity contribution in [1.29, 1.82) is 0 Å². The zero-order valence-corrected chi connectivity index (χ0v) is 31.0. The summed E-state index contributed by atoms with van der Waals surface area (Å²) in [6.07, 6.45) is 0. The van der Waals surface area contributed by atoms with E-state index in [1.807, 2.05) is 0 Å². The van der Waals surface area contributed by atoms with Crippen molar-refractivity contribution in [3.63, 3.8) is 0 Å². The van der Waals surface area contributed by atoms with Crippen molar-refractivity contribution in [3.05, 3.63) is 77.9 Å². The van der Waals surface area contributed by atoms with E-state index >= 15 is 0 Å². The number of aryl methyl sites for hydroxylation is 2. The van der Waals surface area contributed by atoms with Crippen LogP contribution in [-0.4, -0.2) is 77.0 Å². The second-order valence-electron chi connectivity index (χ2n) is 11.8. The van der Waals surface area contributed by atoms with Gasteiger partial charge >= 0.3 is 6.01 Å². The van der Waals surface area contributed by atoms with Crippen molar-refractivity contribution in [2.24, 2.45) is 0 Å². The van der Waals surface area contributed by atoms with Gasteiger partial charge in [0.05, 0.1) is 22.0 Å². The van der Waals surface area contributed by atoms with Gasteiger partial charge in [0.15, 0.2) is 0 Å². The standard InChI is InChI=1S/C31H26N6O14S4/c1-14-9-21(23(10-15(14)2)53(43,44)45)33-29-35-30(37-31(39)36-29)34-22-13-18(52(40,41)42)11-17-12-24(54(46,47)48)26(27(38)25(17)22)32-20-8-7-16-5-3-4-6-19(16)28(20)55(49,50)51/h3-13,32,38H,1-2H3,(H,40,41,42)(H,43,44,45)(H,46,47,48)(H,49,50,51)(H3,33,34,35,36,37,39). The van der Waals surface area contributed by atoms with Crippen molar-refractivity contribution in [2.45, 2.75) is 33.4 Å². The average molecular weight is 835 g/mol. The highest BCUT2D eigenvalue weighted by Gasteiger charge is 2.28. The second kappa shape index (κ2) is 13.5. The van der Waals surface area contributed by atoms with Crippen LogP contribution in [0.5, 0.6) is 11.8 Å². The summed E-state index contributed by atoms with van der Waals surface area (Å²) in [4.78, 5) is 8.06. The van der Waals surface area contributed by atoms with E-state index in [1.165, 1.54) is 30.3 Å². The Morgan fingerprint density at radius 3 is 1.75 bits per heavy atom. The molecule has 5 aromatic carbocycles. The topological polar surface area (TPSA) is 333 Å². The maximum Gasteiger partial charge on any atom is 0.320 e.